The summed E-state index contributed by atoms with van der Waals surface area (Å²) in [5.74, 6) is -2.72. The van der Waals surface area contributed by atoms with Crippen LogP contribution < -0.4 is 22.1 Å². The van der Waals surface area contributed by atoms with Gasteiger partial charge in [0.2, 0.25) is 0 Å². The van der Waals surface area contributed by atoms with Crippen LogP contribution in [0.5, 0.6) is 0 Å². The molecule has 0 unspecified atom stereocenters. The molecule has 0 bridgehead atoms. The Hall–Kier alpha value is -2.17. The van der Waals surface area contributed by atoms with Crippen molar-refractivity contribution in [2.24, 2.45) is 11.5 Å². The van der Waals surface area contributed by atoms with Crippen LogP contribution in [0.3, 0.4) is 0 Å². The molecule has 0 aliphatic heterocycles. The number of nitrogens with zero attached hydrogens (tertiary/aromatic N) is 2. The van der Waals surface area contributed by atoms with Crippen molar-refractivity contribution in [3.8, 4) is 0 Å². The van der Waals surface area contributed by atoms with E-state index in [4.69, 9.17) is 11.5 Å². The van der Waals surface area contributed by atoms with Crippen molar-refractivity contribution in [3.63, 3.8) is 0 Å². The number of halogens is 2. The number of hydrogen-bond acceptors (Lipinski definition) is 6. The Bertz CT molecular complexity index is 953. The topological polar surface area (TPSA) is 111 Å². The molecule has 10 heteroatoms. The second-order valence-electron chi connectivity index (χ2n) is 9.43. The third kappa shape index (κ3) is 5.90. The van der Waals surface area contributed by atoms with Gasteiger partial charge in [0.15, 0.2) is 5.82 Å². The average Bonchev–Trinajstić information content (AvgIpc) is 3.26. The highest BCUT2D eigenvalue weighted by Crippen LogP contribution is 2.36. The first-order valence-corrected chi connectivity index (χ1v) is 12.9. The van der Waals surface area contributed by atoms with Gasteiger partial charge in [-0.15, -0.1) is 0 Å². The molecule has 2 aromatic rings. The lowest BCUT2D eigenvalue weighted by Gasteiger charge is -2.41. The molecule has 2 aliphatic rings. The number of aromatic nitrogens is 2. The summed E-state index contributed by atoms with van der Waals surface area (Å²) in [5.41, 5.74) is 12.4. The number of amides is 1. The van der Waals surface area contributed by atoms with Crippen molar-refractivity contribution < 1.29 is 13.6 Å². The van der Waals surface area contributed by atoms with Crippen molar-refractivity contribution in [3.05, 3.63) is 36.0 Å². The zero-order valence-corrected chi connectivity index (χ0v) is 20.1. The van der Waals surface area contributed by atoms with Gasteiger partial charge in [-0.3, -0.25) is 9.48 Å². The molecule has 2 saturated carbocycles. The van der Waals surface area contributed by atoms with E-state index in [0.29, 0.717) is 46.8 Å². The summed E-state index contributed by atoms with van der Waals surface area (Å²) in [7, 11) is 0. The zero-order valence-electron chi connectivity index (χ0n) is 19.3. The van der Waals surface area contributed by atoms with E-state index in [2.05, 4.69) is 15.7 Å². The smallest absolute Gasteiger partial charge is 0.288 e. The molecule has 1 aromatic carbocycles. The van der Waals surface area contributed by atoms with Crippen LogP contribution >= 0.6 is 11.8 Å². The van der Waals surface area contributed by atoms with E-state index in [1.165, 1.54) is 32.1 Å². The summed E-state index contributed by atoms with van der Waals surface area (Å²) >= 11 is 0.484. The van der Waals surface area contributed by atoms with Crippen molar-refractivity contribution >= 4 is 29.2 Å². The van der Waals surface area contributed by atoms with Crippen LogP contribution in [0.1, 0.15) is 68.1 Å². The molecule has 0 radical (unpaired) electrons. The number of carbonyl (C=O) groups excluding carboxylic acids is 1. The number of carbonyl (C=O) groups is 1. The largest absolute Gasteiger partial charge is 0.365 e. The Morgan fingerprint density at radius 1 is 1.12 bits per heavy atom. The van der Waals surface area contributed by atoms with E-state index in [-0.39, 0.29) is 11.1 Å². The summed E-state index contributed by atoms with van der Waals surface area (Å²) in [5, 5.41) is 11.6. The van der Waals surface area contributed by atoms with E-state index >= 15 is 0 Å². The molecule has 2 fully saturated rings. The van der Waals surface area contributed by atoms with Gasteiger partial charge in [-0.2, -0.15) is 13.9 Å². The third-order valence-electron chi connectivity index (χ3n) is 7.18. The molecule has 186 valence electrons. The first-order valence-electron chi connectivity index (χ1n) is 12.1. The highest BCUT2D eigenvalue weighted by molar-refractivity contribution is 7.99. The Balaban J connectivity index is 1.46. The van der Waals surface area contributed by atoms with Crippen LogP contribution in [0.25, 0.3) is 0 Å². The number of primary amides is 1. The normalized spacial score (nSPS) is 23.8. The van der Waals surface area contributed by atoms with E-state index in [1.807, 2.05) is 4.68 Å². The zero-order chi connectivity index (χ0) is 24.1. The minimum absolute atomic E-state index is 0.279. The van der Waals surface area contributed by atoms with Crippen molar-refractivity contribution in [2.45, 2.75) is 86.1 Å². The lowest BCUT2D eigenvalue weighted by atomic mass is 9.79. The number of rotatable bonds is 9. The van der Waals surface area contributed by atoms with Gasteiger partial charge >= 0.3 is 0 Å². The van der Waals surface area contributed by atoms with Gasteiger partial charge in [0.1, 0.15) is 5.56 Å². The number of nitrogens with two attached hydrogens (primary N) is 2. The van der Waals surface area contributed by atoms with E-state index < -0.39 is 11.7 Å². The predicted octanol–water partition coefficient (Wildman–Crippen LogP) is 4.56. The van der Waals surface area contributed by atoms with Gasteiger partial charge < -0.3 is 22.1 Å². The van der Waals surface area contributed by atoms with Crippen LogP contribution in [-0.4, -0.2) is 40.1 Å². The summed E-state index contributed by atoms with van der Waals surface area (Å²) in [6, 6.07) is 7.65. The molecule has 0 saturated heterocycles. The fourth-order valence-corrected chi connectivity index (χ4v) is 5.70. The maximum atomic E-state index is 12.6. The van der Waals surface area contributed by atoms with Crippen molar-refractivity contribution in [2.75, 3.05) is 11.9 Å². The van der Waals surface area contributed by atoms with Crippen LogP contribution in [0.15, 0.2) is 35.4 Å². The van der Waals surface area contributed by atoms with Gasteiger partial charge in [-0.05, 0) is 62.8 Å². The summed E-state index contributed by atoms with van der Waals surface area (Å²) in [6.07, 6.45) is 11.9. The Morgan fingerprint density at radius 3 is 2.35 bits per heavy atom. The summed E-state index contributed by atoms with van der Waals surface area (Å²) in [4.78, 5) is 12.6. The number of anilines is 2. The van der Waals surface area contributed by atoms with E-state index in [9.17, 15) is 13.6 Å². The molecule has 0 atom stereocenters. The summed E-state index contributed by atoms with van der Waals surface area (Å²) in [6.45, 7) is 0.419. The molecule has 4 rings (SSSR count). The first kappa shape index (κ1) is 24.9. The molecule has 1 heterocycles. The fraction of sp³-hybridized carbons (Fsp3) is 0.583. The maximum Gasteiger partial charge on any atom is 0.288 e. The van der Waals surface area contributed by atoms with Gasteiger partial charge in [0.25, 0.3) is 11.7 Å². The van der Waals surface area contributed by atoms with Crippen LogP contribution in [0.4, 0.5) is 20.3 Å². The van der Waals surface area contributed by atoms with Gasteiger partial charge in [-0.1, -0.05) is 31.0 Å². The first-order chi connectivity index (χ1) is 16.4. The number of hydrogen-bond donors (Lipinski definition) is 4. The van der Waals surface area contributed by atoms with Gasteiger partial charge in [-0.25, -0.2) is 0 Å². The number of thioether (sulfide) groups is 1. The molecule has 7 nitrogen and oxygen atoms in total. The number of benzene rings is 1. The van der Waals surface area contributed by atoms with E-state index in [0.717, 1.165) is 25.7 Å². The average molecular weight is 493 g/mol. The molecule has 0 spiro atoms. The lowest BCUT2D eigenvalue weighted by molar-refractivity contribution is 0.1000. The monoisotopic (exact) mass is 492 g/mol. The number of nitrogens with one attached hydrogen (secondary N) is 2. The van der Waals surface area contributed by atoms with Gasteiger partial charge in [0, 0.05) is 35.4 Å². The molecule has 2 aliphatic carbocycles. The Labute approximate surface area is 203 Å². The van der Waals surface area contributed by atoms with Crippen LogP contribution in [0, 0.1) is 0 Å². The quantitative estimate of drug-likeness (QED) is 0.382. The SMILES string of the molecule is NCC1(n2cc(C(N)=O)c(Nc3ccc(SC(F)F)cc3)n2)CCC(NC2CCCCC2)CC1. The number of alkyl halides is 2. The highest BCUT2D eigenvalue weighted by Gasteiger charge is 2.38. The predicted molar refractivity (Wildman–Crippen MR) is 132 cm³/mol. The lowest BCUT2D eigenvalue weighted by Crippen LogP contribution is -2.49. The minimum atomic E-state index is -2.48. The van der Waals surface area contributed by atoms with Crippen LogP contribution in [-0.2, 0) is 5.54 Å². The maximum absolute atomic E-state index is 12.6. The molecular weight excluding hydrogens is 458 g/mol. The molecular formula is C24H34F2N6OS. The molecule has 6 N–H and O–H groups in total. The molecule has 1 aromatic heterocycles. The molecule has 34 heavy (non-hydrogen) atoms. The Kier molecular flexibility index (Phi) is 8.10. The second-order valence-corrected chi connectivity index (χ2v) is 10.5. The molecule has 1 amide bonds. The Morgan fingerprint density at radius 2 is 1.76 bits per heavy atom. The minimum Gasteiger partial charge on any atom is -0.365 e. The van der Waals surface area contributed by atoms with E-state index in [1.54, 1.807) is 30.5 Å². The van der Waals surface area contributed by atoms with Crippen LogP contribution in [0.2, 0.25) is 0 Å². The highest BCUT2D eigenvalue weighted by atomic mass is 32.2. The second kappa shape index (κ2) is 11.0. The fourth-order valence-electron chi connectivity index (χ4n) is 5.20. The standard InChI is InChI=1S/C24H34F2N6OS/c25-23(26)34-19-8-6-17(7-9-19)30-22-20(21(28)33)14-32(31-22)24(15-27)12-10-18(11-13-24)29-16-4-2-1-3-5-16/h6-9,14,16,18,23,29H,1-5,10-13,15,27H2,(H2,28,33)(H,30,31). The van der Waals surface area contributed by atoms with Crippen molar-refractivity contribution in [1.82, 2.24) is 15.1 Å². The summed E-state index contributed by atoms with van der Waals surface area (Å²) < 4.78 is 27.0. The van der Waals surface area contributed by atoms with Crippen molar-refractivity contribution in [1.29, 1.82) is 0 Å². The van der Waals surface area contributed by atoms with Gasteiger partial charge in [0.05, 0.1) is 5.54 Å². The third-order valence-corrected chi connectivity index (χ3v) is 7.90.